The number of fused-ring (bicyclic) bond motifs is 1. The van der Waals surface area contributed by atoms with Crippen LogP contribution in [0.2, 0.25) is 0 Å². The number of aromatic nitrogens is 1. The van der Waals surface area contributed by atoms with E-state index in [2.05, 4.69) is 39.5 Å². The smallest absolute Gasteiger partial charge is 0.274 e. The van der Waals surface area contributed by atoms with Crippen LogP contribution >= 0.6 is 0 Å². The van der Waals surface area contributed by atoms with Gasteiger partial charge in [-0.05, 0) is 41.8 Å². The van der Waals surface area contributed by atoms with Crippen molar-refractivity contribution in [2.24, 2.45) is 0 Å². The number of nitrogens with one attached hydrogen (secondary N) is 1. The standard InChI is InChI=1S/C21H19N3O/c25-21(23-18-8-2-1-3-9-18)20-14-19(10-12-22-20)24-13-11-16-6-4-5-7-17(16)15-24/h1-10,12,14H,11,13,15H2,(H,23,25). The normalized spacial score (nSPS) is 13.2. The minimum absolute atomic E-state index is 0.189. The van der Waals surface area contributed by atoms with Crippen LogP contribution in [0.15, 0.2) is 72.9 Å². The Hall–Kier alpha value is -3.14. The number of para-hydroxylation sites is 1. The lowest BCUT2D eigenvalue weighted by Gasteiger charge is -2.30. The van der Waals surface area contributed by atoms with Crippen molar-refractivity contribution in [1.29, 1.82) is 0 Å². The molecule has 1 aliphatic heterocycles. The van der Waals surface area contributed by atoms with Crippen LogP contribution < -0.4 is 10.2 Å². The van der Waals surface area contributed by atoms with Gasteiger partial charge in [0.05, 0.1) is 0 Å². The van der Waals surface area contributed by atoms with E-state index in [-0.39, 0.29) is 5.91 Å². The number of anilines is 2. The first kappa shape index (κ1) is 15.4. The second-order valence-electron chi connectivity index (χ2n) is 6.16. The van der Waals surface area contributed by atoms with Crippen LogP contribution in [0.25, 0.3) is 0 Å². The Kier molecular flexibility index (Phi) is 4.17. The first-order valence-corrected chi connectivity index (χ1v) is 8.44. The molecule has 0 atom stereocenters. The zero-order valence-corrected chi connectivity index (χ0v) is 13.9. The molecule has 2 aromatic carbocycles. The molecule has 0 saturated carbocycles. The minimum atomic E-state index is -0.189. The van der Waals surface area contributed by atoms with Gasteiger partial charge in [-0.1, -0.05) is 42.5 Å². The maximum Gasteiger partial charge on any atom is 0.274 e. The van der Waals surface area contributed by atoms with Crippen LogP contribution in [0.5, 0.6) is 0 Å². The lowest BCUT2D eigenvalue weighted by molar-refractivity contribution is 0.102. The summed E-state index contributed by atoms with van der Waals surface area (Å²) in [4.78, 5) is 19.0. The van der Waals surface area contributed by atoms with Gasteiger partial charge < -0.3 is 10.2 Å². The number of benzene rings is 2. The van der Waals surface area contributed by atoms with Crippen LogP contribution in [0.3, 0.4) is 0 Å². The Morgan fingerprint density at radius 3 is 2.56 bits per heavy atom. The molecule has 1 aliphatic rings. The first-order chi connectivity index (χ1) is 12.3. The van der Waals surface area contributed by atoms with E-state index in [1.54, 1.807) is 6.20 Å². The first-order valence-electron chi connectivity index (χ1n) is 8.44. The molecule has 124 valence electrons. The Morgan fingerprint density at radius 1 is 0.960 bits per heavy atom. The summed E-state index contributed by atoms with van der Waals surface area (Å²) in [6.07, 6.45) is 2.72. The molecule has 1 N–H and O–H groups in total. The van der Waals surface area contributed by atoms with Gasteiger partial charge in [0.2, 0.25) is 0 Å². The third-order valence-corrected chi connectivity index (χ3v) is 4.50. The van der Waals surface area contributed by atoms with Crippen molar-refractivity contribution in [3.8, 4) is 0 Å². The number of nitrogens with zero attached hydrogens (tertiary/aromatic N) is 2. The van der Waals surface area contributed by atoms with E-state index < -0.39 is 0 Å². The van der Waals surface area contributed by atoms with Gasteiger partial charge in [-0.15, -0.1) is 0 Å². The molecule has 2 heterocycles. The number of amides is 1. The van der Waals surface area contributed by atoms with E-state index in [9.17, 15) is 4.79 Å². The van der Waals surface area contributed by atoms with Crippen molar-refractivity contribution < 1.29 is 4.79 Å². The van der Waals surface area contributed by atoms with Crippen molar-refractivity contribution in [2.45, 2.75) is 13.0 Å². The molecule has 0 unspecified atom stereocenters. The van der Waals surface area contributed by atoms with Gasteiger partial charge in [-0.25, -0.2) is 0 Å². The largest absolute Gasteiger partial charge is 0.367 e. The summed E-state index contributed by atoms with van der Waals surface area (Å²) in [5.74, 6) is -0.189. The maximum atomic E-state index is 12.5. The van der Waals surface area contributed by atoms with Gasteiger partial charge in [0.1, 0.15) is 5.69 Å². The number of pyridine rings is 1. The number of hydrogen-bond donors (Lipinski definition) is 1. The monoisotopic (exact) mass is 329 g/mol. The van der Waals surface area contributed by atoms with Crippen LogP contribution in [-0.2, 0) is 13.0 Å². The maximum absolute atomic E-state index is 12.5. The Morgan fingerprint density at radius 2 is 1.72 bits per heavy atom. The summed E-state index contributed by atoms with van der Waals surface area (Å²) in [6.45, 7) is 1.81. The average Bonchev–Trinajstić information content (AvgIpc) is 2.68. The fraction of sp³-hybridized carbons (Fsp3) is 0.143. The molecule has 0 bridgehead atoms. The fourth-order valence-electron chi connectivity index (χ4n) is 3.17. The number of carbonyl (C=O) groups excluding carboxylic acids is 1. The highest BCUT2D eigenvalue weighted by molar-refractivity contribution is 6.03. The zero-order chi connectivity index (χ0) is 17.1. The molecule has 25 heavy (non-hydrogen) atoms. The molecular formula is C21H19N3O. The molecule has 0 spiro atoms. The average molecular weight is 329 g/mol. The second-order valence-corrected chi connectivity index (χ2v) is 6.16. The zero-order valence-electron chi connectivity index (χ0n) is 13.9. The highest BCUT2D eigenvalue weighted by Crippen LogP contribution is 2.24. The molecule has 0 saturated heterocycles. The summed E-state index contributed by atoms with van der Waals surface area (Å²) < 4.78 is 0. The van der Waals surface area contributed by atoms with Gasteiger partial charge in [-0.2, -0.15) is 0 Å². The third-order valence-electron chi connectivity index (χ3n) is 4.50. The van der Waals surface area contributed by atoms with E-state index >= 15 is 0 Å². The molecule has 0 radical (unpaired) electrons. The predicted octanol–water partition coefficient (Wildman–Crippen LogP) is 3.90. The van der Waals surface area contributed by atoms with Gasteiger partial charge in [-0.3, -0.25) is 9.78 Å². The van der Waals surface area contributed by atoms with Crippen LogP contribution in [0.1, 0.15) is 21.6 Å². The number of carbonyl (C=O) groups is 1. The Balaban J connectivity index is 1.53. The summed E-state index contributed by atoms with van der Waals surface area (Å²) in [6, 6.07) is 21.8. The molecular weight excluding hydrogens is 310 g/mol. The summed E-state index contributed by atoms with van der Waals surface area (Å²) >= 11 is 0. The minimum Gasteiger partial charge on any atom is -0.367 e. The molecule has 4 nitrogen and oxygen atoms in total. The molecule has 0 aliphatic carbocycles. The fourth-order valence-corrected chi connectivity index (χ4v) is 3.17. The van der Waals surface area contributed by atoms with Gasteiger partial charge in [0, 0.05) is 30.7 Å². The van der Waals surface area contributed by atoms with Crippen molar-refractivity contribution >= 4 is 17.3 Å². The molecule has 0 fully saturated rings. The summed E-state index contributed by atoms with van der Waals surface area (Å²) in [5, 5.41) is 2.88. The van der Waals surface area contributed by atoms with E-state index in [1.807, 2.05) is 42.5 Å². The SMILES string of the molecule is O=C(Nc1ccccc1)c1cc(N2CCc3ccccc3C2)ccn1. The van der Waals surface area contributed by atoms with Crippen molar-refractivity contribution in [3.05, 3.63) is 89.7 Å². The molecule has 1 aromatic heterocycles. The van der Waals surface area contributed by atoms with E-state index in [0.29, 0.717) is 5.69 Å². The van der Waals surface area contributed by atoms with E-state index in [1.165, 1.54) is 11.1 Å². The molecule has 3 aromatic rings. The molecule has 4 heteroatoms. The highest BCUT2D eigenvalue weighted by Gasteiger charge is 2.17. The molecule has 4 rings (SSSR count). The van der Waals surface area contributed by atoms with Crippen molar-refractivity contribution in [3.63, 3.8) is 0 Å². The number of rotatable bonds is 3. The topological polar surface area (TPSA) is 45.2 Å². The van der Waals surface area contributed by atoms with Gasteiger partial charge in [0.15, 0.2) is 0 Å². The van der Waals surface area contributed by atoms with Crippen LogP contribution in [0.4, 0.5) is 11.4 Å². The van der Waals surface area contributed by atoms with Crippen molar-refractivity contribution in [1.82, 2.24) is 4.98 Å². The van der Waals surface area contributed by atoms with Gasteiger partial charge >= 0.3 is 0 Å². The molecule has 1 amide bonds. The van der Waals surface area contributed by atoms with E-state index in [0.717, 1.165) is 30.9 Å². The Labute approximate surface area is 147 Å². The van der Waals surface area contributed by atoms with Gasteiger partial charge in [0.25, 0.3) is 5.91 Å². The lowest BCUT2D eigenvalue weighted by atomic mass is 9.99. The Bertz CT molecular complexity index is 892. The van der Waals surface area contributed by atoms with E-state index in [4.69, 9.17) is 0 Å². The number of hydrogen-bond acceptors (Lipinski definition) is 3. The second kappa shape index (κ2) is 6.77. The third kappa shape index (κ3) is 3.38. The summed E-state index contributed by atoms with van der Waals surface area (Å²) in [7, 11) is 0. The predicted molar refractivity (Wildman–Crippen MR) is 99.8 cm³/mol. The van der Waals surface area contributed by atoms with Crippen LogP contribution in [-0.4, -0.2) is 17.4 Å². The quantitative estimate of drug-likeness (QED) is 0.793. The summed E-state index contributed by atoms with van der Waals surface area (Å²) in [5.41, 5.74) is 4.99. The highest BCUT2D eigenvalue weighted by atomic mass is 16.1. The van der Waals surface area contributed by atoms with Crippen molar-refractivity contribution in [2.75, 3.05) is 16.8 Å². The van der Waals surface area contributed by atoms with Crippen LogP contribution in [0, 0.1) is 0 Å². The lowest BCUT2D eigenvalue weighted by Crippen LogP contribution is -2.30.